The van der Waals surface area contributed by atoms with Gasteiger partial charge in [-0.2, -0.15) is 0 Å². The Labute approximate surface area is 111 Å². The van der Waals surface area contributed by atoms with Gasteiger partial charge in [0.05, 0.1) is 12.2 Å². The zero-order valence-corrected chi connectivity index (χ0v) is 12.4. The molecule has 0 saturated carbocycles. The van der Waals surface area contributed by atoms with Gasteiger partial charge in [-0.3, -0.25) is 4.79 Å². The first-order valence-corrected chi connectivity index (χ1v) is 6.93. The van der Waals surface area contributed by atoms with E-state index in [1.54, 1.807) is 4.90 Å². The van der Waals surface area contributed by atoms with Crippen molar-refractivity contribution in [1.82, 2.24) is 4.90 Å². The van der Waals surface area contributed by atoms with E-state index in [2.05, 4.69) is 0 Å². The van der Waals surface area contributed by atoms with E-state index in [4.69, 9.17) is 9.84 Å². The summed E-state index contributed by atoms with van der Waals surface area (Å²) >= 11 is 0. The molecule has 0 unspecified atom stereocenters. The molecule has 0 radical (unpaired) electrons. The normalized spacial score (nSPS) is 11.6. The minimum absolute atomic E-state index is 0.0406. The van der Waals surface area contributed by atoms with Crippen LogP contribution >= 0.6 is 0 Å². The van der Waals surface area contributed by atoms with Crippen molar-refractivity contribution in [1.29, 1.82) is 0 Å². The van der Waals surface area contributed by atoms with E-state index in [9.17, 15) is 4.79 Å². The number of nitrogens with zero attached hydrogens (tertiary/aromatic N) is 1. The first-order valence-electron chi connectivity index (χ1n) is 6.93. The third-order valence-electron chi connectivity index (χ3n) is 2.54. The van der Waals surface area contributed by atoms with Crippen LogP contribution in [-0.4, -0.2) is 47.8 Å². The molecule has 18 heavy (non-hydrogen) atoms. The zero-order chi connectivity index (χ0) is 14.0. The molecule has 1 N–H and O–H groups in total. The minimum atomic E-state index is -0.102. The molecule has 4 nitrogen and oxygen atoms in total. The first kappa shape index (κ1) is 17.4. The third-order valence-corrected chi connectivity index (χ3v) is 2.54. The highest BCUT2D eigenvalue weighted by Crippen LogP contribution is 2.09. The number of hydrogen-bond acceptors (Lipinski definition) is 3. The van der Waals surface area contributed by atoms with Crippen molar-refractivity contribution in [3.63, 3.8) is 0 Å². The maximum absolute atomic E-state index is 11.9. The summed E-state index contributed by atoms with van der Waals surface area (Å²) in [5, 5.41) is 8.90. The Morgan fingerprint density at radius 3 is 2.39 bits per heavy atom. The SMILES string of the molecule is CCCN(CCO)C(=O)CCCCOC(C)(C)C. The monoisotopic (exact) mass is 259 g/mol. The largest absolute Gasteiger partial charge is 0.395 e. The molecule has 0 spiro atoms. The smallest absolute Gasteiger partial charge is 0.222 e. The number of unbranched alkanes of at least 4 members (excludes halogenated alkanes) is 1. The van der Waals surface area contributed by atoms with E-state index in [0.717, 1.165) is 25.8 Å². The van der Waals surface area contributed by atoms with Crippen LogP contribution in [0.5, 0.6) is 0 Å². The van der Waals surface area contributed by atoms with Gasteiger partial charge in [-0.15, -0.1) is 0 Å². The molecule has 0 aliphatic rings. The van der Waals surface area contributed by atoms with Gasteiger partial charge in [0.1, 0.15) is 0 Å². The summed E-state index contributed by atoms with van der Waals surface area (Å²) in [6.45, 7) is 10.1. The lowest BCUT2D eigenvalue weighted by Crippen LogP contribution is -2.34. The predicted molar refractivity (Wildman–Crippen MR) is 73.5 cm³/mol. The Morgan fingerprint density at radius 1 is 1.22 bits per heavy atom. The van der Waals surface area contributed by atoms with Crippen LogP contribution in [0.3, 0.4) is 0 Å². The summed E-state index contributed by atoms with van der Waals surface area (Å²) < 4.78 is 5.60. The van der Waals surface area contributed by atoms with Crippen molar-refractivity contribution < 1.29 is 14.6 Å². The molecule has 0 bridgehead atoms. The van der Waals surface area contributed by atoms with Gasteiger partial charge in [-0.25, -0.2) is 0 Å². The standard InChI is InChI=1S/C14H29NO3/c1-5-9-15(10-11-16)13(17)8-6-7-12-18-14(2,3)4/h16H,5-12H2,1-4H3. The summed E-state index contributed by atoms with van der Waals surface area (Å²) in [5.41, 5.74) is -0.102. The Morgan fingerprint density at radius 2 is 1.89 bits per heavy atom. The summed E-state index contributed by atoms with van der Waals surface area (Å²) in [6.07, 6.45) is 3.23. The second-order valence-electron chi connectivity index (χ2n) is 5.52. The van der Waals surface area contributed by atoms with Crippen molar-refractivity contribution in [2.45, 2.75) is 59.0 Å². The van der Waals surface area contributed by atoms with E-state index < -0.39 is 0 Å². The van der Waals surface area contributed by atoms with E-state index in [-0.39, 0.29) is 18.1 Å². The van der Waals surface area contributed by atoms with Gasteiger partial charge in [0.25, 0.3) is 0 Å². The molecule has 0 aliphatic heterocycles. The average Bonchev–Trinajstić information content (AvgIpc) is 2.26. The van der Waals surface area contributed by atoms with Crippen LogP contribution in [0.2, 0.25) is 0 Å². The lowest BCUT2D eigenvalue weighted by molar-refractivity contribution is -0.132. The third kappa shape index (κ3) is 9.42. The molecule has 1 amide bonds. The van der Waals surface area contributed by atoms with Crippen LogP contribution in [0.4, 0.5) is 0 Å². The van der Waals surface area contributed by atoms with Crippen molar-refractivity contribution >= 4 is 5.91 Å². The molecule has 0 heterocycles. The van der Waals surface area contributed by atoms with Gasteiger partial charge in [-0.05, 0) is 40.0 Å². The molecule has 0 atom stereocenters. The van der Waals surface area contributed by atoms with Crippen LogP contribution in [0.15, 0.2) is 0 Å². The van der Waals surface area contributed by atoms with E-state index in [1.165, 1.54) is 0 Å². The second kappa shape index (κ2) is 9.34. The van der Waals surface area contributed by atoms with Crippen molar-refractivity contribution in [3.8, 4) is 0 Å². The summed E-state index contributed by atoms with van der Waals surface area (Å²) in [5.74, 6) is 0.140. The van der Waals surface area contributed by atoms with Gasteiger partial charge in [0.2, 0.25) is 5.91 Å². The lowest BCUT2D eigenvalue weighted by atomic mass is 10.2. The van der Waals surface area contributed by atoms with Gasteiger partial charge in [-0.1, -0.05) is 6.92 Å². The fourth-order valence-corrected chi connectivity index (χ4v) is 1.67. The first-order chi connectivity index (χ1) is 8.40. The second-order valence-corrected chi connectivity index (χ2v) is 5.52. The van der Waals surface area contributed by atoms with Crippen LogP contribution in [0.1, 0.15) is 53.4 Å². The Bertz CT molecular complexity index is 218. The lowest BCUT2D eigenvalue weighted by Gasteiger charge is -2.21. The molecule has 0 aliphatic carbocycles. The minimum Gasteiger partial charge on any atom is -0.395 e. The predicted octanol–water partition coefficient (Wildman–Crippen LogP) is 2.20. The quantitative estimate of drug-likeness (QED) is 0.646. The number of rotatable bonds is 9. The fourth-order valence-electron chi connectivity index (χ4n) is 1.67. The van der Waals surface area contributed by atoms with Crippen molar-refractivity contribution in [3.05, 3.63) is 0 Å². The molecule has 0 aromatic rings. The van der Waals surface area contributed by atoms with Crippen molar-refractivity contribution in [2.75, 3.05) is 26.3 Å². The molecule has 0 rings (SSSR count). The van der Waals surface area contributed by atoms with Crippen LogP contribution < -0.4 is 0 Å². The van der Waals surface area contributed by atoms with Crippen LogP contribution in [0, 0.1) is 0 Å². The Hall–Kier alpha value is -0.610. The molecule has 4 heteroatoms. The fraction of sp³-hybridized carbons (Fsp3) is 0.929. The zero-order valence-electron chi connectivity index (χ0n) is 12.4. The Balaban J connectivity index is 3.73. The maximum atomic E-state index is 11.9. The van der Waals surface area contributed by atoms with Gasteiger partial charge >= 0.3 is 0 Å². The summed E-state index contributed by atoms with van der Waals surface area (Å²) in [7, 11) is 0. The molecule has 108 valence electrons. The molecule has 0 saturated heterocycles. The number of amides is 1. The Kier molecular flexibility index (Phi) is 9.02. The number of hydrogen-bond donors (Lipinski definition) is 1. The number of carbonyl (C=O) groups excluding carboxylic acids is 1. The summed E-state index contributed by atoms with van der Waals surface area (Å²) in [6, 6.07) is 0. The average molecular weight is 259 g/mol. The highest BCUT2D eigenvalue weighted by Gasteiger charge is 2.12. The van der Waals surface area contributed by atoms with Crippen LogP contribution in [0.25, 0.3) is 0 Å². The molecular weight excluding hydrogens is 230 g/mol. The number of carbonyl (C=O) groups is 1. The van der Waals surface area contributed by atoms with Crippen LogP contribution in [-0.2, 0) is 9.53 Å². The molecule has 0 fully saturated rings. The molecule has 0 aromatic carbocycles. The number of ether oxygens (including phenoxy) is 1. The van der Waals surface area contributed by atoms with Gasteiger partial charge < -0.3 is 14.7 Å². The van der Waals surface area contributed by atoms with Gasteiger partial charge in [0.15, 0.2) is 0 Å². The summed E-state index contributed by atoms with van der Waals surface area (Å²) in [4.78, 5) is 13.6. The van der Waals surface area contributed by atoms with Crippen molar-refractivity contribution in [2.24, 2.45) is 0 Å². The molecule has 0 aromatic heterocycles. The van der Waals surface area contributed by atoms with E-state index in [0.29, 0.717) is 19.6 Å². The number of aliphatic hydroxyl groups excluding tert-OH is 1. The maximum Gasteiger partial charge on any atom is 0.222 e. The number of aliphatic hydroxyl groups is 1. The van der Waals surface area contributed by atoms with E-state index >= 15 is 0 Å². The highest BCUT2D eigenvalue weighted by atomic mass is 16.5. The molecular formula is C14H29NO3. The topological polar surface area (TPSA) is 49.8 Å². The van der Waals surface area contributed by atoms with E-state index in [1.807, 2.05) is 27.7 Å². The highest BCUT2D eigenvalue weighted by molar-refractivity contribution is 5.76. The van der Waals surface area contributed by atoms with Gasteiger partial charge in [0, 0.05) is 26.1 Å².